The lowest BCUT2D eigenvalue weighted by Crippen LogP contribution is -2.32. The predicted octanol–water partition coefficient (Wildman–Crippen LogP) is -1.51. The van der Waals surface area contributed by atoms with Gasteiger partial charge in [-0.2, -0.15) is 0 Å². The second kappa shape index (κ2) is 8.43. The van der Waals surface area contributed by atoms with Gasteiger partial charge in [-0.3, -0.25) is 9.59 Å². The van der Waals surface area contributed by atoms with Crippen molar-refractivity contribution in [1.82, 2.24) is 5.32 Å². The Labute approximate surface area is 104 Å². The summed E-state index contributed by atoms with van der Waals surface area (Å²) >= 11 is 0. The number of nitrogens with one attached hydrogen (secondary N) is 1. The Morgan fingerprint density at radius 3 is 2.33 bits per heavy atom. The van der Waals surface area contributed by atoms with Gasteiger partial charge >= 0.3 is 11.9 Å². The number of carboxylic acids is 2. The van der Waals surface area contributed by atoms with E-state index in [0.717, 1.165) is 0 Å². The van der Waals surface area contributed by atoms with Gasteiger partial charge in [0.2, 0.25) is 5.91 Å². The molecule has 1 saturated heterocycles. The van der Waals surface area contributed by atoms with E-state index in [1.165, 1.54) is 0 Å². The zero-order valence-electron chi connectivity index (χ0n) is 9.96. The average molecular weight is 261 g/mol. The van der Waals surface area contributed by atoms with Gasteiger partial charge in [0.05, 0.1) is 0 Å². The zero-order valence-corrected chi connectivity index (χ0v) is 9.96. The van der Waals surface area contributed by atoms with E-state index in [0.29, 0.717) is 32.2 Å². The Hall–Kier alpha value is -1.67. The number of carbonyl (C=O) groups excluding carboxylic acids is 1. The van der Waals surface area contributed by atoms with Gasteiger partial charge in [-0.05, 0) is 25.8 Å². The molecular formula is C10H19N3O5. The first-order chi connectivity index (χ1) is 8.38. The largest absolute Gasteiger partial charge is 0.480 e. The third kappa shape index (κ3) is 6.81. The summed E-state index contributed by atoms with van der Waals surface area (Å²) in [6.45, 7) is 0.501. The fourth-order valence-electron chi connectivity index (χ4n) is 1.26. The van der Waals surface area contributed by atoms with E-state index >= 15 is 0 Å². The predicted molar refractivity (Wildman–Crippen MR) is 62.7 cm³/mol. The molecule has 8 nitrogen and oxygen atoms in total. The van der Waals surface area contributed by atoms with Crippen LogP contribution in [0.4, 0.5) is 0 Å². The van der Waals surface area contributed by atoms with Crippen molar-refractivity contribution in [1.29, 1.82) is 0 Å². The minimum absolute atomic E-state index is 0.164. The van der Waals surface area contributed by atoms with Crippen LogP contribution < -0.4 is 16.8 Å². The number of carboxylic acid groups (broad SMARTS) is 2. The molecule has 0 radical (unpaired) electrons. The van der Waals surface area contributed by atoms with E-state index in [-0.39, 0.29) is 5.91 Å². The van der Waals surface area contributed by atoms with Gasteiger partial charge in [-0.1, -0.05) is 0 Å². The molecule has 0 unspecified atom stereocenters. The van der Waals surface area contributed by atoms with Crippen molar-refractivity contribution < 1.29 is 24.6 Å². The van der Waals surface area contributed by atoms with Crippen molar-refractivity contribution in [3.8, 4) is 0 Å². The molecule has 1 rings (SSSR count). The summed E-state index contributed by atoms with van der Waals surface area (Å²) < 4.78 is 0. The minimum atomic E-state index is -0.955. The van der Waals surface area contributed by atoms with Crippen LogP contribution in [0.1, 0.15) is 25.7 Å². The van der Waals surface area contributed by atoms with E-state index in [1.54, 1.807) is 0 Å². The van der Waals surface area contributed by atoms with Crippen LogP contribution in [0.5, 0.6) is 0 Å². The van der Waals surface area contributed by atoms with Crippen molar-refractivity contribution in [2.75, 3.05) is 6.54 Å². The third-order valence-corrected chi connectivity index (χ3v) is 2.33. The Morgan fingerprint density at radius 2 is 2.06 bits per heavy atom. The van der Waals surface area contributed by atoms with Crippen LogP contribution in [-0.4, -0.2) is 46.7 Å². The maximum atomic E-state index is 10.4. The molecule has 1 aliphatic heterocycles. The van der Waals surface area contributed by atoms with Crippen molar-refractivity contribution in [3.63, 3.8) is 0 Å². The third-order valence-electron chi connectivity index (χ3n) is 2.33. The summed E-state index contributed by atoms with van der Waals surface area (Å²) in [5, 5.41) is 18.9. The summed E-state index contributed by atoms with van der Waals surface area (Å²) in [7, 11) is 0. The van der Waals surface area contributed by atoms with Gasteiger partial charge < -0.3 is 27.0 Å². The van der Waals surface area contributed by atoms with Gasteiger partial charge in [0.25, 0.3) is 0 Å². The lowest BCUT2D eigenvalue weighted by molar-refractivity contribution is -0.140. The second-order valence-electron chi connectivity index (χ2n) is 3.87. The summed E-state index contributed by atoms with van der Waals surface area (Å²) in [6, 6.07) is -1.38. The van der Waals surface area contributed by atoms with E-state index in [1.807, 2.05) is 0 Å². The highest BCUT2D eigenvalue weighted by Gasteiger charge is 2.26. The van der Waals surface area contributed by atoms with Crippen LogP contribution in [0.2, 0.25) is 0 Å². The molecule has 0 aromatic rings. The van der Waals surface area contributed by atoms with E-state index in [4.69, 9.17) is 21.7 Å². The lowest BCUT2D eigenvalue weighted by atomic mass is 10.2. The van der Waals surface area contributed by atoms with Gasteiger partial charge in [0.1, 0.15) is 12.1 Å². The molecule has 0 aromatic heterocycles. The monoisotopic (exact) mass is 261 g/mol. The molecule has 7 N–H and O–H groups in total. The quantitative estimate of drug-likeness (QED) is 0.402. The number of rotatable bonds is 5. The molecule has 0 saturated carbocycles. The van der Waals surface area contributed by atoms with E-state index < -0.39 is 24.0 Å². The molecule has 1 heterocycles. The average Bonchev–Trinajstić information content (AvgIpc) is 2.73. The number of hydrogen-bond acceptors (Lipinski definition) is 5. The number of hydrogen-bond donors (Lipinski definition) is 5. The van der Waals surface area contributed by atoms with Crippen molar-refractivity contribution in [3.05, 3.63) is 0 Å². The topological polar surface area (TPSA) is 156 Å². The highest BCUT2D eigenvalue weighted by atomic mass is 16.4. The summed E-state index contributed by atoms with van der Waals surface area (Å²) in [4.78, 5) is 30.6. The van der Waals surface area contributed by atoms with Crippen LogP contribution in [0.15, 0.2) is 0 Å². The number of carbonyl (C=O) groups is 3. The first kappa shape index (κ1) is 16.3. The normalized spacial score (nSPS) is 19.4. The zero-order chi connectivity index (χ0) is 14.1. The van der Waals surface area contributed by atoms with Gasteiger partial charge in [0.15, 0.2) is 0 Å². The maximum Gasteiger partial charge on any atom is 0.326 e. The summed E-state index contributed by atoms with van der Waals surface area (Å²) in [5.41, 5.74) is 10.3. The van der Waals surface area contributed by atoms with E-state index in [9.17, 15) is 14.4 Å². The Kier molecular flexibility index (Phi) is 7.64. The van der Waals surface area contributed by atoms with E-state index in [2.05, 4.69) is 5.32 Å². The van der Waals surface area contributed by atoms with Crippen LogP contribution in [0.25, 0.3) is 0 Å². The maximum absolute atomic E-state index is 10.4. The molecule has 1 aliphatic rings. The van der Waals surface area contributed by atoms with Crippen LogP contribution in [-0.2, 0) is 14.4 Å². The van der Waals surface area contributed by atoms with Crippen LogP contribution in [0.3, 0.4) is 0 Å². The molecule has 1 amide bonds. The highest BCUT2D eigenvalue weighted by Crippen LogP contribution is 2.05. The first-order valence-corrected chi connectivity index (χ1v) is 5.59. The van der Waals surface area contributed by atoms with Gasteiger partial charge in [0, 0.05) is 6.42 Å². The standard InChI is InChI=1S/C5H12N2O2.C5H7NO3/c6-3-1-2-4(7)5(8)9;7-4-2-1-3(6-4)5(8)9/h4H,1-3,6-7H2,(H,8,9);3H,1-2H2,(H,6,7)(H,8,9)/t4-;3-/m00/s1. The van der Waals surface area contributed by atoms with Gasteiger partial charge in [-0.25, -0.2) is 4.79 Å². The Balaban J connectivity index is 0.000000321. The Morgan fingerprint density at radius 1 is 1.44 bits per heavy atom. The summed E-state index contributed by atoms with van der Waals surface area (Å²) in [5.74, 6) is -2.06. The van der Waals surface area contributed by atoms with Crippen molar-refractivity contribution >= 4 is 17.8 Å². The molecule has 18 heavy (non-hydrogen) atoms. The lowest BCUT2D eigenvalue weighted by Gasteiger charge is -2.02. The first-order valence-electron chi connectivity index (χ1n) is 5.59. The fraction of sp³-hybridized carbons (Fsp3) is 0.700. The fourth-order valence-corrected chi connectivity index (χ4v) is 1.26. The van der Waals surface area contributed by atoms with Crippen LogP contribution >= 0.6 is 0 Å². The molecule has 104 valence electrons. The SMILES string of the molecule is NCCC[C@H](N)C(=O)O.O=C1CC[C@@H](C(=O)O)N1. The molecule has 0 aromatic carbocycles. The molecule has 0 bridgehead atoms. The van der Waals surface area contributed by atoms with Gasteiger partial charge in [-0.15, -0.1) is 0 Å². The highest BCUT2D eigenvalue weighted by molar-refractivity contribution is 5.87. The van der Waals surface area contributed by atoms with Crippen molar-refractivity contribution in [2.24, 2.45) is 11.5 Å². The second-order valence-corrected chi connectivity index (χ2v) is 3.87. The summed E-state index contributed by atoms with van der Waals surface area (Å²) in [6.07, 6.45) is 1.91. The minimum Gasteiger partial charge on any atom is -0.480 e. The molecule has 2 atom stereocenters. The smallest absolute Gasteiger partial charge is 0.326 e. The molecular weight excluding hydrogens is 242 g/mol. The number of aliphatic carboxylic acids is 2. The van der Waals surface area contributed by atoms with Crippen LogP contribution in [0, 0.1) is 0 Å². The van der Waals surface area contributed by atoms with Crippen molar-refractivity contribution in [2.45, 2.75) is 37.8 Å². The molecule has 0 spiro atoms. The number of amides is 1. The number of nitrogens with two attached hydrogens (primary N) is 2. The molecule has 1 fully saturated rings. The molecule has 8 heteroatoms. The Bertz CT molecular complexity index is 308. The molecule has 0 aliphatic carbocycles.